The summed E-state index contributed by atoms with van der Waals surface area (Å²) in [6, 6.07) is 15.1. The van der Waals surface area contributed by atoms with E-state index in [2.05, 4.69) is 15.6 Å². The van der Waals surface area contributed by atoms with Crippen LogP contribution in [0, 0.1) is 5.92 Å². The molecule has 26 heavy (non-hydrogen) atoms. The summed E-state index contributed by atoms with van der Waals surface area (Å²) in [7, 11) is 1.60. The topological polar surface area (TPSA) is 88.7 Å². The van der Waals surface area contributed by atoms with Gasteiger partial charge in [-0.1, -0.05) is 38.1 Å². The van der Waals surface area contributed by atoms with E-state index >= 15 is 0 Å². The van der Waals surface area contributed by atoms with Crippen molar-refractivity contribution < 1.29 is 9.53 Å². The molecule has 2 rings (SSSR count). The number of hydrogen-bond donors (Lipinski definition) is 3. The lowest BCUT2D eigenvalue weighted by molar-refractivity contribution is -0.119. The average Bonchev–Trinajstić information content (AvgIpc) is 2.66. The summed E-state index contributed by atoms with van der Waals surface area (Å²) in [5, 5.41) is 5.96. The highest BCUT2D eigenvalue weighted by molar-refractivity contribution is 5.94. The molecule has 138 valence electrons. The molecule has 1 atom stereocenters. The van der Waals surface area contributed by atoms with E-state index in [1.807, 2.05) is 62.4 Å². The Morgan fingerprint density at radius 1 is 1.19 bits per heavy atom. The lowest BCUT2D eigenvalue weighted by Gasteiger charge is -2.11. The number of anilines is 2. The van der Waals surface area contributed by atoms with Crippen molar-refractivity contribution in [2.45, 2.75) is 26.8 Å². The van der Waals surface area contributed by atoms with E-state index < -0.39 is 0 Å². The number of nitrogens with one attached hydrogen (secondary N) is 2. The van der Waals surface area contributed by atoms with Crippen molar-refractivity contribution in [3.05, 3.63) is 54.1 Å². The fourth-order valence-corrected chi connectivity index (χ4v) is 2.30. The van der Waals surface area contributed by atoms with Gasteiger partial charge in [0, 0.05) is 11.6 Å². The second kappa shape index (κ2) is 9.46. The zero-order chi connectivity index (χ0) is 18.9. The lowest BCUT2D eigenvalue weighted by Crippen LogP contribution is -2.23. The van der Waals surface area contributed by atoms with Crippen LogP contribution in [0.1, 0.15) is 25.8 Å². The van der Waals surface area contributed by atoms with Crippen LogP contribution in [-0.2, 0) is 11.3 Å². The van der Waals surface area contributed by atoms with Gasteiger partial charge in [-0.2, -0.15) is 0 Å². The fourth-order valence-electron chi connectivity index (χ4n) is 2.30. The molecule has 0 saturated carbocycles. The summed E-state index contributed by atoms with van der Waals surface area (Å²) in [4.78, 5) is 16.4. The summed E-state index contributed by atoms with van der Waals surface area (Å²) in [6.07, 6.45) is 0.807. The number of aliphatic imine (C=N–C) groups is 1. The summed E-state index contributed by atoms with van der Waals surface area (Å²) < 4.78 is 5.28. The molecule has 2 aromatic carbocycles. The van der Waals surface area contributed by atoms with Crippen LogP contribution < -0.4 is 21.1 Å². The molecule has 1 amide bonds. The fraction of sp³-hybridized carbons (Fsp3) is 0.300. The van der Waals surface area contributed by atoms with Crippen LogP contribution in [0.25, 0.3) is 0 Å². The number of methoxy groups -OCH3 is 1. The van der Waals surface area contributed by atoms with Crippen molar-refractivity contribution in [1.82, 2.24) is 0 Å². The van der Waals surface area contributed by atoms with E-state index in [-0.39, 0.29) is 11.8 Å². The van der Waals surface area contributed by atoms with E-state index in [1.54, 1.807) is 7.11 Å². The lowest BCUT2D eigenvalue weighted by atomic mass is 10.1. The van der Waals surface area contributed by atoms with E-state index in [4.69, 9.17) is 10.5 Å². The van der Waals surface area contributed by atoms with Gasteiger partial charge < -0.3 is 21.1 Å². The van der Waals surface area contributed by atoms with Gasteiger partial charge in [0.25, 0.3) is 0 Å². The van der Waals surface area contributed by atoms with Crippen LogP contribution in [0.2, 0.25) is 0 Å². The van der Waals surface area contributed by atoms with Crippen LogP contribution in [0.4, 0.5) is 11.4 Å². The molecule has 0 bridgehead atoms. The maximum absolute atomic E-state index is 12.0. The van der Waals surface area contributed by atoms with E-state index in [9.17, 15) is 4.79 Å². The summed E-state index contributed by atoms with van der Waals surface area (Å²) in [6.45, 7) is 4.31. The van der Waals surface area contributed by atoms with Gasteiger partial charge in [-0.15, -0.1) is 0 Å². The first-order valence-corrected chi connectivity index (χ1v) is 8.63. The Hall–Kier alpha value is -3.02. The second-order valence-corrected chi connectivity index (χ2v) is 6.03. The smallest absolute Gasteiger partial charge is 0.227 e. The van der Waals surface area contributed by atoms with Crippen LogP contribution in [0.15, 0.2) is 53.5 Å². The molecule has 1 unspecified atom stereocenters. The van der Waals surface area contributed by atoms with Crippen molar-refractivity contribution >= 4 is 23.2 Å². The molecule has 0 heterocycles. The predicted molar refractivity (Wildman–Crippen MR) is 106 cm³/mol. The van der Waals surface area contributed by atoms with Crippen molar-refractivity contribution in [1.29, 1.82) is 0 Å². The molecule has 2 aromatic rings. The van der Waals surface area contributed by atoms with Crippen LogP contribution >= 0.6 is 0 Å². The van der Waals surface area contributed by atoms with Gasteiger partial charge in [0.1, 0.15) is 5.75 Å². The maximum Gasteiger partial charge on any atom is 0.227 e. The van der Waals surface area contributed by atoms with Gasteiger partial charge in [0.2, 0.25) is 5.91 Å². The maximum atomic E-state index is 12.0. The number of nitrogens with two attached hydrogens (primary N) is 1. The third-order valence-electron chi connectivity index (χ3n) is 4.06. The van der Waals surface area contributed by atoms with Crippen LogP contribution in [-0.4, -0.2) is 19.0 Å². The van der Waals surface area contributed by atoms with Crippen LogP contribution in [0.3, 0.4) is 0 Å². The summed E-state index contributed by atoms with van der Waals surface area (Å²) >= 11 is 0. The molecule has 0 aliphatic heterocycles. The molecule has 4 N–H and O–H groups in total. The molecule has 0 spiro atoms. The Bertz CT molecular complexity index is 774. The highest BCUT2D eigenvalue weighted by Gasteiger charge is 2.10. The van der Waals surface area contributed by atoms with Gasteiger partial charge in [0.15, 0.2) is 5.96 Å². The zero-order valence-corrected chi connectivity index (χ0v) is 15.5. The van der Waals surface area contributed by atoms with Crippen LogP contribution in [0.5, 0.6) is 5.75 Å². The second-order valence-electron chi connectivity index (χ2n) is 6.03. The number of para-hydroxylation sites is 2. The number of nitrogens with zero attached hydrogens (tertiary/aromatic N) is 1. The molecule has 0 aliphatic carbocycles. The Morgan fingerprint density at radius 2 is 1.96 bits per heavy atom. The molecule has 0 radical (unpaired) electrons. The molecule has 0 aromatic heterocycles. The Morgan fingerprint density at radius 3 is 2.69 bits per heavy atom. The zero-order valence-electron chi connectivity index (χ0n) is 15.5. The minimum atomic E-state index is -0.0163. The molecule has 6 heteroatoms. The number of hydrogen-bond acceptors (Lipinski definition) is 3. The van der Waals surface area contributed by atoms with Gasteiger partial charge in [-0.3, -0.25) is 4.79 Å². The predicted octanol–water partition coefficient (Wildman–Crippen LogP) is 3.61. The first-order chi connectivity index (χ1) is 12.5. The SMILES string of the molecule is CCC(C)C(=O)Nc1cccc(CN=C(N)Nc2ccccc2OC)c1. The Kier molecular flexibility index (Phi) is 7.02. The first kappa shape index (κ1) is 19.3. The quantitative estimate of drug-likeness (QED) is 0.523. The van der Waals surface area contributed by atoms with Gasteiger partial charge >= 0.3 is 0 Å². The Labute approximate surface area is 154 Å². The average molecular weight is 354 g/mol. The first-order valence-electron chi connectivity index (χ1n) is 8.63. The molecule has 0 saturated heterocycles. The van der Waals surface area contributed by atoms with E-state index in [0.717, 1.165) is 23.4 Å². The van der Waals surface area contributed by atoms with Crippen molar-refractivity contribution in [3.8, 4) is 5.75 Å². The number of benzene rings is 2. The minimum Gasteiger partial charge on any atom is -0.495 e. The highest BCUT2D eigenvalue weighted by Crippen LogP contribution is 2.22. The monoisotopic (exact) mass is 354 g/mol. The number of carbonyl (C=O) groups excluding carboxylic acids is 1. The normalized spacial score (nSPS) is 12.3. The highest BCUT2D eigenvalue weighted by atomic mass is 16.5. The third-order valence-corrected chi connectivity index (χ3v) is 4.06. The standard InChI is InChI=1S/C20H26N4O2/c1-4-14(2)19(25)23-16-9-7-8-15(12-16)13-22-20(21)24-17-10-5-6-11-18(17)26-3/h5-12,14H,4,13H2,1-3H3,(H,23,25)(H3,21,22,24). The summed E-state index contributed by atoms with van der Waals surface area (Å²) in [5.74, 6) is 0.992. The molecule has 0 aliphatic rings. The number of carbonyl (C=O) groups is 1. The van der Waals surface area contributed by atoms with Crippen molar-refractivity contribution in [2.75, 3.05) is 17.7 Å². The molecular formula is C20H26N4O2. The Balaban J connectivity index is 2.01. The van der Waals surface area contributed by atoms with Gasteiger partial charge in [0.05, 0.1) is 19.3 Å². The summed E-state index contributed by atoms with van der Waals surface area (Å²) in [5.41, 5.74) is 8.44. The largest absolute Gasteiger partial charge is 0.495 e. The van der Waals surface area contributed by atoms with Crippen molar-refractivity contribution in [2.24, 2.45) is 16.6 Å². The van der Waals surface area contributed by atoms with E-state index in [1.165, 1.54) is 0 Å². The van der Waals surface area contributed by atoms with Gasteiger partial charge in [-0.05, 0) is 36.2 Å². The number of rotatable bonds is 7. The minimum absolute atomic E-state index is 0.0163. The molecule has 0 fully saturated rings. The molecular weight excluding hydrogens is 328 g/mol. The van der Waals surface area contributed by atoms with E-state index in [0.29, 0.717) is 18.3 Å². The van der Waals surface area contributed by atoms with Crippen molar-refractivity contribution in [3.63, 3.8) is 0 Å². The molecule has 6 nitrogen and oxygen atoms in total. The number of amides is 1. The third kappa shape index (κ3) is 5.51. The number of ether oxygens (including phenoxy) is 1. The number of guanidine groups is 1. The van der Waals surface area contributed by atoms with Gasteiger partial charge in [-0.25, -0.2) is 4.99 Å².